The van der Waals surface area contributed by atoms with E-state index in [1.807, 2.05) is 24.3 Å². The average molecular weight is 459 g/mol. The summed E-state index contributed by atoms with van der Waals surface area (Å²) in [5.74, 6) is -0.398. The molecule has 0 atom stereocenters. The van der Waals surface area contributed by atoms with Crippen molar-refractivity contribution in [3.8, 4) is 0 Å². The van der Waals surface area contributed by atoms with E-state index in [0.29, 0.717) is 41.8 Å². The summed E-state index contributed by atoms with van der Waals surface area (Å²) in [5, 5.41) is 1.12. The van der Waals surface area contributed by atoms with E-state index in [0.717, 1.165) is 10.3 Å². The van der Waals surface area contributed by atoms with Gasteiger partial charge in [-0.2, -0.15) is 0 Å². The first-order valence-corrected chi connectivity index (χ1v) is 10.6. The van der Waals surface area contributed by atoms with Gasteiger partial charge in [0.2, 0.25) is 0 Å². The number of nitrogens with zero attached hydrogens (tertiary/aromatic N) is 3. The van der Waals surface area contributed by atoms with Crippen molar-refractivity contribution in [1.82, 2.24) is 14.5 Å². The quantitative estimate of drug-likeness (QED) is 0.651. The summed E-state index contributed by atoms with van der Waals surface area (Å²) in [5.41, 5.74) is 0.370. The van der Waals surface area contributed by atoms with Crippen LogP contribution in [0.3, 0.4) is 0 Å². The lowest BCUT2D eigenvalue weighted by Gasteiger charge is -2.36. The summed E-state index contributed by atoms with van der Waals surface area (Å²) in [4.78, 5) is 44.5. The van der Waals surface area contributed by atoms with Crippen molar-refractivity contribution < 1.29 is 4.79 Å². The highest BCUT2D eigenvalue weighted by molar-refractivity contribution is 6.31. The van der Waals surface area contributed by atoms with Gasteiger partial charge in [0.1, 0.15) is 5.56 Å². The molecular weight excluding hydrogens is 439 g/mol. The minimum absolute atomic E-state index is 0.0146. The Kier molecular flexibility index (Phi) is 6.15. The molecule has 0 unspecified atom stereocenters. The number of rotatable bonds is 4. The van der Waals surface area contributed by atoms with E-state index in [2.05, 4.69) is 9.88 Å². The monoisotopic (exact) mass is 458 g/mol. The van der Waals surface area contributed by atoms with E-state index in [1.54, 1.807) is 29.2 Å². The summed E-state index contributed by atoms with van der Waals surface area (Å²) in [6.45, 7) is 2.17. The number of halogens is 2. The van der Waals surface area contributed by atoms with Gasteiger partial charge in [0.25, 0.3) is 11.5 Å². The maximum absolute atomic E-state index is 13.0. The number of aromatic amines is 1. The SMILES string of the molecule is O=C(c1c[nH]c(=O)n(Cc2ccccc2Cl)c1=O)N1CCN(c2ccc(Cl)cc2)CC1. The van der Waals surface area contributed by atoms with Crippen LogP contribution in [0.4, 0.5) is 5.69 Å². The highest BCUT2D eigenvalue weighted by Gasteiger charge is 2.25. The molecule has 4 rings (SSSR count). The number of carbonyl (C=O) groups excluding carboxylic acids is 1. The van der Waals surface area contributed by atoms with Crippen LogP contribution < -0.4 is 16.1 Å². The van der Waals surface area contributed by atoms with Crippen molar-refractivity contribution in [3.63, 3.8) is 0 Å². The van der Waals surface area contributed by atoms with E-state index in [9.17, 15) is 14.4 Å². The second-order valence-electron chi connectivity index (χ2n) is 7.25. The van der Waals surface area contributed by atoms with Gasteiger partial charge in [0.05, 0.1) is 6.54 Å². The maximum Gasteiger partial charge on any atom is 0.328 e. The highest BCUT2D eigenvalue weighted by atomic mass is 35.5. The molecule has 2 heterocycles. The molecule has 0 aliphatic carbocycles. The topological polar surface area (TPSA) is 78.4 Å². The Bertz CT molecular complexity index is 1210. The average Bonchev–Trinajstić information content (AvgIpc) is 2.78. The largest absolute Gasteiger partial charge is 0.368 e. The van der Waals surface area contributed by atoms with Crippen LogP contribution in [0.5, 0.6) is 0 Å². The summed E-state index contributed by atoms with van der Waals surface area (Å²) in [6.07, 6.45) is 1.20. The smallest absolute Gasteiger partial charge is 0.328 e. The number of piperazine rings is 1. The van der Waals surface area contributed by atoms with E-state index in [4.69, 9.17) is 23.2 Å². The molecule has 0 saturated carbocycles. The number of H-pyrrole nitrogens is 1. The van der Waals surface area contributed by atoms with Crippen LogP contribution in [0.2, 0.25) is 10.0 Å². The van der Waals surface area contributed by atoms with Crippen molar-refractivity contribution in [3.05, 3.63) is 96.7 Å². The Labute approximate surface area is 188 Å². The van der Waals surface area contributed by atoms with Crippen molar-refractivity contribution in [2.75, 3.05) is 31.1 Å². The van der Waals surface area contributed by atoms with E-state index in [1.165, 1.54) is 6.20 Å². The van der Waals surface area contributed by atoms with Crippen molar-refractivity contribution in [1.29, 1.82) is 0 Å². The first-order valence-electron chi connectivity index (χ1n) is 9.80. The van der Waals surface area contributed by atoms with Crippen molar-refractivity contribution in [2.24, 2.45) is 0 Å². The molecule has 1 fully saturated rings. The number of hydrogen-bond donors (Lipinski definition) is 1. The molecule has 1 aliphatic heterocycles. The van der Waals surface area contributed by atoms with Crippen LogP contribution in [0.25, 0.3) is 0 Å². The third kappa shape index (κ3) is 4.52. The predicted molar refractivity (Wildman–Crippen MR) is 121 cm³/mol. The first-order chi connectivity index (χ1) is 14.9. The van der Waals surface area contributed by atoms with Crippen molar-refractivity contribution >= 4 is 34.8 Å². The zero-order valence-corrected chi connectivity index (χ0v) is 18.1. The van der Waals surface area contributed by atoms with Gasteiger partial charge in [-0.25, -0.2) is 4.79 Å². The van der Waals surface area contributed by atoms with Gasteiger partial charge in [-0.3, -0.25) is 14.2 Å². The first kappa shape index (κ1) is 21.2. The van der Waals surface area contributed by atoms with Crippen LogP contribution in [0.15, 0.2) is 64.3 Å². The molecular formula is C22H20Cl2N4O3. The Morgan fingerprint density at radius 2 is 1.61 bits per heavy atom. The summed E-state index contributed by atoms with van der Waals surface area (Å²) in [6, 6.07) is 14.5. The molecule has 7 nitrogen and oxygen atoms in total. The number of nitrogens with one attached hydrogen (secondary N) is 1. The number of carbonyl (C=O) groups is 1. The lowest BCUT2D eigenvalue weighted by atomic mass is 10.2. The van der Waals surface area contributed by atoms with Crippen LogP contribution in [0, 0.1) is 0 Å². The minimum Gasteiger partial charge on any atom is -0.368 e. The molecule has 2 aromatic carbocycles. The number of hydrogen-bond acceptors (Lipinski definition) is 4. The lowest BCUT2D eigenvalue weighted by Crippen LogP contribution is -2.50. The molecule has 1 aliphatic rings. The van der Waals surface area contributed by atoms with Crippen LogP contribution in [-0.4, -0.2) is 46.5 Å². The molecule has 0 radical (unpaired) electrons. The number of aromatic nitrogens is 2. The molecule has 1 N–H and O–H groups in total. The molecule has 9 heteroatoms. The fourth-order valence-corrected chi connectivity index (χ4v) is 3.92. The molecule has 1 saturated heterocycles. The minimum atomic E-state index is -0.631. The van der Waals surface area contributed by atoms with E-state index < -0.39 is 17.2 Å². The van der Waals surface area contributed by atoms with Gasteiger partial charge in [-0.05, 0) is 35.9 Å². The predicted octanol–water partition coefficient (Wildman–Crippen LogP) is 2.85. The fraction of sp³-hybridized carbons (Fsp3) is 0.227. The van der Waals surface area contributed by atoms with Crippen LogP contribution in [-0.2, 0) is 6.54 Å². The number of amides is 1. The van der Waals surface area contributed by atoms with Gasteiger partial charge in [0.15, 0.2) is 0 Å². The molecule has 31 heavy (non-hydrogen) atoms. The van der Waals surface area contributed by atoms with Gasteiger partial charge >= 0.3 is 5.69 Å². The van der Waals surface area contributed by atoms with Gasteiger partial charge in [0, 0.05) is 48.1 Å². The van der Waals surface area contributed by atoms with E-state index >= 15 is 0 Å². The Morgan fingerprint density at radius 3 is 2.29 bits per heavy atom. The summed E-state index contributed by atoms with van der Waals surface area (Å²) in [7, 11) is 0. The van der Waals surface area contributed by atoms with Gasteiger partial charge in [-0.15, -0.1) is 0 Å². The molecule has 0 spiro atoms. The summed E-state index contributed by atoms with van der Waals surface area (Å²) < 4.78 is 0.998. The highest BCUT2D eigenvalue weighted by Crippen LogP contribution is 2.20. The van der Waals surface area contributed by atoms with Crippen molar-refractivity contribution in [2.45, 2.75) is 6.54 Å². The zero-order valence-electron chi connectivity index (χ0n) is 16.6. The van der Waals surface area contributed by atoms with E-state index in [-0.39, 0.29) is 12.1 Å². The van der Waals surface area contributed by atoms with Gasteiger partial charge < -0.3 is 14.8 Å². The lowest BCUT2D eigenvalue weighted by molar-refractivity contribution is 0.0743. The molecule has 1 amide bonds. The number of benzene rings is 2. The maximum atomic E-state index is 13.0. The second kappa shape index (κ2) is 8.99. The standard InChI is InChI=1S/C22H20Cl2N4O3/c23-16-5-7-17(8-6-16)26-9-11-27(12-10-26)20(29)18-13-25-22(31)28(21(18)30)14-15-3-1-2-4-19(15)24/h1-8,13H,9-12,14H2,(H,25,31). The molecule has 0 bridgehead atoms. The Hall–Kier alpha value is -3.03. The second-order valence-corrected chi connectivity index (χ2v) is 8.09. The molecule has 3 aromatic rings. The molecule has 1 aromatic heterocycles. The summed E-state index contributed by atoms with van der Waals surface area (Å²) >= 11 is 12.1. The Morgan fingerprint density at radius 1 is 0.935 bits per heavy atom. The third-order valence-corrected chi connectivity index (χ3v) is 5.96. The zero-order chi connectivity index (χ0) is 22.0. The fourth-order valence-electron chi connectivity index (χ4n) is 3.59. The van der Waals surface area contributed by atoms with Crippen LogP contribution >= 0.6 is 23.2 Å². The third-order valence-electron chi connectivity index (χ3n) is 5.34. The van der Waals surface area contributed by atoms with Crippen LogP contribution in [0.1, 0.15) is 15.9 Å². The molecule has 160 valence electrons. The van der Waals surface area contributed by atoms with Gasteiger partial charge in [-0.1, -0.05) is 41.4 Å². The number of anilines is 1. The Balaban J connectivity index is 1.52. The normalized spacial score (nSPS) is 14.0.